The van der Waals surface area contributed by atoms with E-state index in [1.54, 1.807) is 30.6 Å². The number of hydrogen-bond donors (Lipinski definition) is 1. The molecular weight excluding hydrogens is 317 g/mol. The van der Waals surface area contributed by atoms with Crippen molar-refractivity contribution in [1.82, 2.24) is 14.9 Å². The number of fused-ring (bicyclic) bond motifs is 1. The van der Waals surface area contributed by atoms with Gasteiger partial charge in [-0.05, 0) is 29.1 Å². The topological polar surface area (TPSA) is 66.1 Å². The third-order valence-electron chi connectivity index (χ3n) is 3.45. The number of nitrogens with zero attached hydrogens (tertiary/aromatic N) is 2. The second-order valence-corrected chi connectivity index (χ2v) is 6.12. The van der Waals surface area contributed by atoms with Crippen molar-refractivity contribution < 1.29 is 9.18 Å². The number of nitrogens with one attached hydrogen (secondary N) is 1. The molecule has 23 heavy (non-hydrogen) atoms. The van der Waals surface area contributed by atoms with Gasteiger partial charge in [0, 0.05) is 7.05 Å². The van der Waals surface area contributed by atoms with Crippen molar-refractivity contribution in [3.05, 3.63) is 63.3 Å². The molecule has 0 radical (unpaired) electrons. The predicted molar refractivity (Wildman–Crippen MR) is 86.8 cm³/mol. The fourth-order valence-electron chi connectivity index (χ4n) is 2.22. The molecule has 0 atom stereocenters. The second-order valence-electron chi connectivity index (χ2n) is 5.20. The molecule has 0 aliphatic rings. The number of hydrogen-bond acceptors (Lipinski definition) is 4. The van der Waals surface area contributed by atoms with Crippen molar-refractivity contribution in [3.63, 3.8) is 0 Å². The van der Waals surface area contributed by atoms with Crippen LogP contribution in [0.25, 0.3) is 10.2 Å². The summed E-state index contributed by atoms with van der Waals surface area (Å²) in [5.41, 5.74) is 1.17. The number of amides is 1. The van der Waals surface area contributed by atoms with Crippen LogP contribution >= 0.6 is 11.3 Å². The lowest BCUT2D eigenvalue weighted by molar-refractivity contribution is -0.129. The number of aromatic amines is 1. The fourth-order valence-corrected chi connectivity index (χ4v) is 2.95. The fraction of sp³-hybridized carbons (Fsp3) is 0.188. The lowest BCUT2D eigenvalue weighted by Gasteiger charge is -2.16. The number of likely N-dealkylation sites (N-methyl/N-ethyl adjacent to an activating group) is 1. The zero-order valence-corrected chi connectivity index (χ0v) is 13.2. The minimum absolute atomic E-state index is 0.135. The van der Waals surface area contributed by atoms with E-state index in [0.717, 1.165) is 5.56 Å². The van der Waals surface area contributed by atoms with Crippen molar-refractivity contribution >= 4 is 27.5 Å². The number of carbonyl (C=O) groups excluding carboxylic acids is 1. The first kappa shape index (κ1) is 15.4. The van der Waals surface area contributed by atoms with Gasteiger partial charge in [-0.3, -0.25) is 9.59 Å². The number of thiophene rings is 1. The number of H-pyrrole nitrogens is 1. The van der Waals surface area contributed by atoms with Gasteiger partial charge in [0.1, 0.15) is 16.3 Å². The number of benzene rings is 1. The van der Waals surface area contributed by atoms with E-state index in [0.29, 0.717) is 16.0 Å². The van der Waals surface area contributed by atoms with Crippen LogP contribution in [0, 0.1) is 5.82 Å². The van der Waals surface area contributed by atoms with Crippen molar-refractivity contribution in [3.8, 4) is 0 Å². The van der Waals surface area contributed by atoms with Crippen molar-refractivity contribution in [2.45, 2.75) is 13.0 Å². The summed E-state index contributed by atoms with van der Waals surface area (Å²) in [6.45, 7) is 0.209. The van der Waals surface area contributed by atoms with Crippen LogP contribution in [-0.4, -0.2) is 27.8 Å². The number of aromatic nitrogens is 2. The van der Waals surface area contributed by atoms with Gasteiger partial charge in [-0.15, -0.1) is 11.3 Å². The molecule has 0 aliphatic carbocycles. The molecule has 1 N–H and O–H groups in total. The van der Waals surface area contributed by atoms with Crippen LogP contribution in [0.4, 0.5) is 4.39 Å². The third-order valence-corrected chi connectivity index (χ3v) is 4.35. The van der Waals surface area contributed by atoms with Gasteiger partial charge >= 0.3 is 0 Å². The zero-order valence-electron chi connectivity index (χ0n) is 12.4. The van der Waals surface area contributed by atoms with Crippen molar-refractivity contribution in [2.24, 2.45) is 0 Å². The summed E-state index contributed by atoms with van der Waals surface area (Å²) in [7, 11) is 1.64. The number of halogens is 1. The Morgan fingerprint density at radius 2 is 2.04 bits per heavy atom. The molecule has 0 saturated heterocycles. The molecule has 0 aliphatic heterocycles. The van der Waals surface area contributed by atoms with Gasteiger partial charge in [-0.25, -0.2) is 9.37 Å². The van der Waals surface area contributed by atoms with E-state index in [-0.39, 0.29) is 30.2 Å². The highest BCUT2D eigenvalue weighted by molar-refractivity contribution is 7.17. The van der Waals surface area contributed by atoms with Crippen LogP contribution in [0.1, 0.15) is 11.4 Å². The molecule has 0 unspecified atom stereocenters. The van der Waals surface area contributed by atoms with Gasteiger partial charge in [-0.1, -0.05) is 12.1 Å². The first-order valence-corrected chi connectivity index (χ1v) is 7.86. The van der Waals surface area contributed by atoms with E-state index >= 15 is 0 Å². The summed E-state index contributed by atoms with van der Waals surface area (Å²) in [5, 5.41) is 1.81. The molecule has 0 bridgehead atoms. The van der Waals surface area contributed by atoms with Gasteiger partial charge in [0.25, 0.3) is 5.56 Å². The maximum atomic E-state index is 12.9. The molecule has 2 heterocycles. The number of rotatable bonds is 4. The van der Waals surface area contributed by atoms with E-state index in [2.05, 4.69) is 9.97 Å². The molecule has 1 aromatic carbocycles. The molecule has 1 amide bonds. The quantitative estimate of drug-likeness (QED) is 0.798. The Morgan fingerprint density at radius 1 is 1.30 bits per heavy atom. The Balaban J connectivity index is 1.71. The SMILES string of the molecule is CN(Cc1nc2ccsc2c(=O)[nH]1)C(=O)Cc1ccc(F)cc1. The summed E-state index contributed by atoms with van der Waals surface area (Å²) in [5.74, 6) is -0.0269. The van der Waals surface area contributed by atoms with E-state index in [9.17, 15) is 14.0 Å². The molecule has 0 saturated carbocycles. The van der Waals surface area contributed by atoms with Gasteiger partial charge in [0.2, 0.25) is 5.91 Å². The molecule has 2 aromatic heterocycles. The lowest BCUT2D eigenvalue weighted by Crippen LogP contribution is -2.29. The standard InChI is InChI=1S/C16H14FN3O2S/c1-20(14(21)8-10-2-4-11(17)5-3-10)9-13-18-12-6-7-23-15(12)16(22)19-13/h2-7H,8-9H2,1H3,(H,18,19,22). The van der Waals surface area contributed by atoms with Crippen molar-refractivity contribution in [1.29, 1.82) is 0 Å². The smallest absolute Gasteiger partial charge is 0.268 e. The highest BCUT2D eigenvalue weighted by atomic mass is 32.1. The minimum Gasteiger partial charge on any atom is -0.338 e. The van der Waals surface area contributed by atoms with Gasteiger partial charge in [-0.2, -0.15) is 0 Å². The maximum absolute atomic E-state index is 12.9. The summed E-state index contributed by atoms with van der Waals surface area (Å²) >= 11 is 1.33. The molecule has 5 nitrogen and oxygen atoms in total. The van der Waals surface area contributed by atoms with Crippen LogP contribution in [0.15, 0.2) is 40.5 Å². The highest BCUT2D eigenvalue weighted by Gasteiger charge is 2.13. The minimum atomic E-state index is -0.333. The highest BCUT2D eigenvalue weighted by Crippen LogP contribution is 2.14. The molecule has 118 valence electrons. The monoisotopic (exact) mass is 331 g/mol. The molecular formula is C16H14FN3O2S. The van der Waals surface area contributed by atoms with Gasteiger partial charge < -0.3 is 9.88 Å². The maximum Gasteiger partial charge on any atom is 0.268 e. The summed E-state index contributed by atoms with van der Waals surface area (Å²) in [6.07, 6.45) is 0.168. The molecule has 7 heteroatoms. The summed E-state index contributed by atoms with van der Waals surface area (Å²) < 4.78 is 13.5. The van der Waals surface area contributed by atoms with Crippen LogP contribution in [0.5, 0.6) is 0 Å². The van der Waals surface area contributed by atoms with Crippen LogP contribution in [0.3, 0.4) is 0 Å². The Hall–Kier alpha value is -2.54. The average molecular weight is 331 g/mol. The Labute approximate surface area is 135 Å². The zero-order chi connectivity index (χ0) is 16.4. The molecule has 0 fully saturated rings. The van der Waals surface area contributed by atoms with Crippen molar-refractivity contribution in [2.75, 3.05) is 7.05 Å². The van der Waals surface area contributed by atoms with E-state index in [1.807, 2.05) is 0 Å². The average Bonchev–Trinajstić information content (AvgIpc) is 2.98. The summed E-state index contributed by atoms with van der Waals surface area (Å²) in [6, 6.07) is 7.59. The number of carbonyl (C=O) groups is 1. The van der Waals surface area contributed by atoms with Crippen LogP contribution < -0.4 is 5.56 Å². The Morgan fingerprint density at radius 3 is 2.78 bits per heavy atom. The van der Waals surface area contributed by atoms with Crippen LogP contribution in [-0.2, 0) is 17.8 Å². The summed E-state index contributed by atoms with van der Waals surface area (Å²) in [4.78, 5) is 32.7. The molecule has 0 spiro atoms. The first-order chi connectivity index (χ1) is 11.0. The third kappa shape index (κ3) is 3.45. The van der Waals surface area contributed by atoms with E-state index in [4.69, 9.17) is 0 Å². The first-order valence-electron chi connectivity index (χ1n) is 6.98. The Bertz CT molecular complexity index is 902. The normalized spacial score (nSPS) is 10.9. The van der Waals surface area contributed by atoms with Gasteiger partial charge in [0.15, 0.2) is 0 Å². The van der Waals surface area contributed by atoms with Gasteiger partial charge in [0.05, 0.1) is 18.5 Å². The molecule has 3 aromatic rings. The van der Waals surface area contributed by atoms with E-state index < -0.39 is 0 Å². The lowest BCUT2D eigenvalue weighted by atomic mass is 10.1. The largest absolute Gasteiger partial charge is 0.338 e. The Kier molecular flexibility index (Phi) is 4.20. The predicted octanol–water partition coefficient (Wildman–Crippen LogP) is 2.32. The van der Waals surface area contributed by atoms with E-state index in [1.165, 1.54) is 28.4 Å². The molecule has 3 rings (SSSR count). The second kappa shape index (κ2) is 6.29. The van der Waals surface area contributed by atoms with Crippen LogP contribution in [0.2, 0.25) is 0 Å².